The van der Waals surface area contributed by atoms with E-state index < -0.39 is 11.4 Å². The molecule has 1 saturated carbocycles. The van der Waals surface area contributed by atoms with Crippen LogP contribution in [-0.2, 0) is 16.1 Å². The van der Waals surface area contributed by atoms with E-state index in [0.717, 1.165) is 30.7 Å². The van der Waals surface area contributed by atoms with Crippen LogP contribution in [0.25, 0.3) is 0 Å². The van der Waals surface area contributed by atoms with Gasteiger partial charge in [-0.1, -0.05) is 19.3 Å². The number of carboxylic acid groups (broad SMARTS) is 1. The van der Waals surface area contributed by atoms with Gasteiger partial charge in [0.05, 0.1) is 17.7 Å². The van der Waals surface area contributed by atoms with Crippen molar-refractivity contribution in [2.45, 2.75) is 58.9 Å². The van der Waals surface area contributed by atoms with E-state index in [-0.39, 0.29) is 18.9 Å². The van der Waals surface area contributed by atoms with Gasteiger partial charge in [0.25, 0.3) is 0 Å². The fourth-order valence-corrected chi connectivity index (χ4v) is 2.85. The lowest BCUT2D eigenvalue weighted by Gasteiger charge is -2.32. The van der Waals surface area contributed by atoms with Crippen molar-refractivity contribution in [1.82, 2.24) is 10.3 Å². The number of aryl methyl sites for hydroxylation is 2. The van der Waals surface area contributed by atoms with E-state index in [1.165, 1.54) is 0 Å². The lowest BCUT2D eigenvalue weighted by Crippen LogP contribution is -2.39. The van der Waals surface area contributed by atoms with E-state index in [0.29, 0.717) is 18.7 Å². The molecule has 1 heterocycles. The van der Waals surface area contributed by atoms with Gasteiger partial charge in [-0.2, -0.15) is 0 Å². The summed E-state index contributed by atoms with van der Waals surface area (Å²) < 4.78 is 5.39. The van der Waals surface area contributed by atoms with Crippen LogP contribution in [0, 0.1) is 19.3 Å². The summed E-state index contributed by atoms with van der Waals surface area (Å²) in [5.41, 5.74) is -0.0985. The highest BCUT2D eigenvalue weighted by Crippen LogP contribution is 2.39. The lowest BCUT2D eigenvalue weighted by molar-refractivity contribution is -0.154. The normalized spacial score (nSPS) is 17.4. The van der Waals surface area contributed by atoms with Gasteiger partial charge in [-0.25, -0.2) is 4.98 Å². The topological polar surface area (TPSA) is 92.4 Å². The Labute approximate surface area is 123 Å². The second-order valence-electron chi connectivity index (χ2n) is 5.85. The summed E-state index contributed by atoms with van der Waals surface area (Å²) in [4.78, 5) is 27.7. The molecule has 1 aliphatic rings. The third-order valence-corrected chi connectivity index (χ3v) is 4.27. The molecule has 1 amide bonds. The standard InChI is InChI=1S/C15H22N2O4/c1-10-11(2)21-13(17-10)9-16-12(18)8-15(14(19)20)6-4-3-5-7-15/h3-9H2,1-2H3,(H,16,18)(H,19,20). The highest BCUT2D eigenvalue weighted by Gasteiger charge is 2.41. The number of aromatic nitrogens is 1. The van der Waals surface area contributed by atoms with Crippen molar-refractivity contribution in [3.05, 3.63) is 17.3 Å². The molecule has 0 aromatic carbocycles. The number of carbonyl (C=O) groups is 2. The number of carbonyl (C=O) groups excluding carboxylic acids is 1. The van der Waals surface area contributed by atoms with E-state index in [1.807, 2.05) is 13.8 Å². The Hall–Kier alpha value is -1.85. The van der Waals surface area contributed by atoms with E-state index in [2.05, 4.69) is 10.3 Å². The maximum absolute atomic E-state index is 12.0. The predicted molar refractivity (Wildman–Crippen MR) is 75.6 cm³/mol. The molecule has 21 heavy (non-hydrogen) atoms. The highest BCUT2D eigenvalue weighted by atomic mass is 16.4. The number of oxazole rings is 1. The smallest absolute Gasteiger partial charge is 0.310 e. The first-order valence-electron chi connectivity index (χ1n) is 7.36. The van der Waals surface area contributed by atoms with Gasteiger partial charge < -0.3 is 14.8 Å². The molecular weight excluding hydrogens is 272 g/mol. The van der Waals surface area contributed by atoms with Gasteiger partial charge in [0.2, 0.25) is 11.8 Å². The summed E-state index contributed by atoms with van der Waals surface area (Å²) in [6.45, 7) is 3.85. The van der Waals surface area contributed by atoms with Crippen molar-refractivity contribution < 1.29 is 19.1 Å². The van der Waals surface area contributed by atoms with Crippen molar-refractivity contribution in [3.63, 3.8) is 0 Å². The Bertz CT molecular complexity index is 510. The first kappa shape index (κ1) is 15.5. The molecule has 0 spiro atoms. The molecule has 0 atom stereocenters. The molecule has 2 N–H and O–H groups in total. The average molecular weight is 294 g/mol. The summed E-state index contributed by atoms with van der Waals surface area (Å²) in [5.74, 6) is 0.0628. The van der Waals surface area contributed by atoms with Crippen LogP contribution in [-0.4, -0.2) is 22.0 Å². The van der Waals surface area contributed by atoms with Gasteiger partial charge in [0.15, 0.2) is 0 Å². The second-order valence-corrected chi connectivity index (χ2v) is 5.85. The molecule has 0 aliphatic heterocycles. The van der Waals surface area contributed by atoms with Crippen LogP contribution in [0.2, 0.25) is 0 Å². The molecule has 0 unspecified atom stereocenters. The molecule has 1 aromatic rings. The Balaban J connectivity index is 1.92. The minimum atomic E-state index is -0.898. The molecule has 6 heteroatoms. The summed E-state index contributed by atoms with van der Waals surface area (Å²) in [5, 5.41) is 12.2. The minimum absolute atomic E-state index is 0.0288. The maximum atomic E-state index is 12.0. The molecule has 0 bridgehead atoms. The Morgan fingerprint density at radius 3 is 2.48 bits per heavy atom. The second kappa shape index (κ2) is 6.28. The first-order chi connectivity index (χ1) is 9.93. The molecular formula is C15H22N2O4. The Morgan fingerprint density at radius 2 is 1.95 bits per heavy atom. The summed E-state index contributed by atoms with van der Waals surface area (Å²) in [7, 11) is 0. The lowest BCUT2D eigenvalue weighted by atomic mass is 9.71. The Kier molecular flexibility index (Phi) is 4.65. The van der Waals surface area contributed by atoms with Crippen LogP contribution in [0.1, 0.15) is 55.9 Å². The maximum Gasteiger partial charge on any atom is 0.310 e. The molecule has 0 radical (unpaired) electrons. The van der Waals surface area contributed by atoms with Gasteiger partial charge in [0.1, 0.15) is 5.76 Å². The Morgan fingerprint density at radius 1 is 1.29 bits per heavy atom. The average Bonchev–Trinajstić information content (AvgIpc) is 2.76. The minimum Gasteiger partial charge on any atom is -0.481 e. The van der Waals surface area contributed by atoms with E-state index in [1.54, 1.807) is 0 Å². The zero-order valence-corrected chi connectivity index (χ0v) is 12.6. The van der Waals surface area contributed by atoms with Crippen LogP contribution in [0.4, 0.5) is 0 Å². The van der Waals surface area contributed by atoms with Crippen molar-refractivity contribution >= 4 is 11.9 Å². The van der Waals surface area contributed by atoms with Crippen molar-refractivity contribution in [2.75, 3.05) is 0 Å². The van der Waals surface area contributed by atoms with Gasteiger partial charge >= 0.3 is 5.97 Å². The number of rotatable bonds is 5. The van der Waals surface area contributed by atoms with Crippen LogP contribution in [0.5, 0.6) is 0 Å². The number of amides is 1. The molecule has 1 fully saturated rings. The SMILES string of the molecule is Cc1nc(CNC(=O)CC2(C(=O)O)CCCCC2)oc1C. The monoisotopic (exact) mass is 294 g/mol. The molecule has 116 valence electrons. The molecule has 2 rings (SSSR count). The number of hydrogen-bond acceptors (Lipinski definition) is 4. The molecule has 6 nitrogen and oxygen atoms in total. The van der Waals surface area contributed by atoms with Crippen LogP contribution >= 0.6 is 0 Å². The van der Waals surface area contributed by atoms with Gasteiger partial charge in [-0.3, -0.25) is 9.59 Å². The number of nitrogens with zero attached hydrogens (tertiary/aromatic N) is 1. The van der Waals surface area contributed by atoms with Gasteiger partial charge in [-0.15, -0.1) is 0 Å². The molecule has 1 aromatic heterocycles. The van der Waals surface area contributed by atoms with Gasteiger partial charge in [0, 0.05) is 6.42 Å². The van der Waals surface area contributed by atoms with Crippen LogP contribution < -0.4 is 5.32 Å². The molecule has 1 aliphatic carbocycles. The van der Waals surface area contributed by atoms with Crippen molar-refractivity contribution in [1.29, 1.82) is 0 Å². The first-order valence-corrected chi connectivity index (χ1v) is 7.36. The quantitative estimate of drug-likeness (QED) is 0.869. The summed E-state index contributed by atoms with van der Waals surface area (Å²) in [6.07, 6.45) is 3.97. The largest absolute Gasteiger partial charge is 0.481 e. The molecule has 0 saturated heterocycles. The fraction of sp³-hybridized carbons (Fsp3) is 0.667. The van der Waals surface area contributed by atoms with E-state index in [9.17, 15) is 14.7 Å². The summed E-state index contributed by atoms with van der Waals surface area (Å²) in [6, 6.07) is 0. The number of nitrogens with one attached hydrogen (secondary N) is 1. The van der Waals surface area contributed by atoms with E-state index in [4.69, 9.17) is 4.42 Å². The van der Waals surface area contributed by atoms with Crippen LogP contribution in [0.3, 0.4) is 0 Å². The third-order valence-electron chi connectivity index (χ3n) is 4.27. The summed E-state index contributed by atoms with van der Waals surface area (Å²) >= 11 is 0. The zero-order valence-electron chi connectivity index (χ0n) is 12.6. The van der Waals surface area contributed by atoms with Gasteiger partial charge in [-0.05, 0) is 26.7 Å². The predicted octanol–water partition coefficient (Wildman–Crippen LogP) is 2.33. The third kappa shape index (κ3) is 3.62. The van der Waals surface area contributed by atoms with E-state index >= 15 is 0 Å². The zero-order chi connectivity index (χ0) is 15.5. The highest BCUT2D eigenvalue weighted by molar-refractivity contribution is 5.85. The number of carboxylic acids is 1. The van der Waals surface area contributed by atoms with Crippen molar-refractivity contribution in [3.8, 4) is 0 Å². The van der Waals surface area contributed by atoms with Crippen LogP contribution in [0.15, 0.2) is 4.42 Å². The fourth-order valence-electron chi connectivity index (χ4n) is 2.85. The van der Waals surface area contributed by atoms with Crippen molar-refractivity contribution in [2.24, 2.45) is 5.41 Å². The number of hydrogen-bond donors (Lipinski definition) is 2. The number of aliphatic carboxylic acids is 1.